The topological polar surface area (TPSA) is 59.8 Å². The van der Waals surface area contributed by atoms with E-state index in [1.807, 2.05) is 16.8 Å². The number of anilines is 1. The molecule has 3 aromatic rings. The molecule has 7 heteroatoms. The molecule has 7 rings (SSSR count). The van der Waals surface area contributed by atoms with Gasteiger partial charge in [-0.05, 0) is 55.6 Å². The molecule has 0 saturated heterocycles. The van der Waals surface area contributed by atoms with Gasteiger partial charge in [-0.2, -0.15) is 0 Å². The van der Waals surface area contributed by atoms with E-state index in [1.54, 1.807) is 19.1 Å². The van der Waals surface area contributed by atoms with E-state index in [2.05, 4.69) is 15.3 Å². The summed E-state index contributed by atoms with van der Waals surface area (Å²) in [5, 5.41) is 4.15. The lowest BCUT2D eigenvalue weighted by Crippen LogP contribution is -2.26. The molecule has 0 amide bonds. The molecular formula is C24H24F2N4O. The van der Waals surface area contributed by atoms with Crippen molar-refractivity contribution in [3.8, 4) is 0 Å². The van der Waals surface area contributed by atoms with Crippen LogP contribution in [-0.2, 0) is 18.9 Å². The van der Waals surface area contributed by atoms with Gasteiger partial charge in [0.2, 0.25) is 0 Å². The third-order valence-corrected chi connectivity index (χ3v) is 7.42. The molecule has 2 bridgehead atoms. The Kier molecular flexibility index (Phi) is 4.01. The number of pyridine rings is 1. The molecule has 1 atom stereocenters. The van der Waals surface area contributed by atoms with Gasteiger partial charge in [0.1, 0.15) is 11.6 Å². The molecule has 31 heavy (non-hydrogen) atoms. The van der Waals surface area contributed by atoms with Crippen LogP contribution in [0.1, 0.15) is 54.2 Å². The van der Waals surface area contributed by atoms with Gasteiger partial charge in [-0.1, -0.05) is 18.2 Å². The maximum Gasteiger partial charge on any atom is 0.273 e. The summed E-state index contributed by atoms with van der Waals surface area (Å²) in [5.41, 5.74) is 2.34. The number of rotatable bonds is 4. The zero-order valence-electron chi connectivity index (χ0n) is 17.4. The highest BCUT2D eigenvalue weighted by Gasteiger charge is 2.45. The summed E-state index contributed by atoms with van der Waals surface area (Å²) in [6.07, 6.45) is 5.64. The minimum absolute atomic E-state index is 0.0165. The largest absolute Gasteiger partial charge is 0.365 e. The lowest BCUT2D eigenvalue weighted by molar-refractivity contribution is -0.00184. The molecule has 2 heterocycles. The Bertz CT molecular complexity index is 1260. The van der Waals surface area contributed by atoms with Crippen molar-refractivity contribution in [2.75, 3.05) is 5.32 Å². The molecule has 0 aliphatic heterocycles. The van der Waals surface area contributed by atoms with Crippen LogP contribution >= 0.6 is 0 Å². The van der Waals surface area contributed by atoms with Gasteiger partial charge in [0, 0.05) is 36.8 Å². The molecule has 1 aromatic carbocycles. The third-order valence-electron chi connectivity index (χ3n) is 7.42. The maximum atomic E-state index is 14.1. The van der Waals surface area contributed by atoms with Crippen molar-refractivity contribution in [1.29, 1.82) is 0 Å². The van der Waals surface area contributed by atoms with Gasteiger partial charge < -0.3 is 9.88 Å². The van der Waals surface area contributed by atoms with Crippen LogP contribution in [0.5, 0.6) is 0 Å². The molecular weight excluding hydrogens is 398 g/mol. The zero-order valence-corrected chi connectivity index (χ0v) is 17.4. The Hall–Kier alpha value is -2.83. The molecule has 3 saturated carbocycles. The average Bonchev–Trinajstić information content (AvgIpc) is 3.38. The fourth-order valence-corrected chi connectivity index (χ4v) is 5.83. The smallest absolute Gasteiger partial charge is 0.273 e. The van der Waals surface area contributed by atoms with Gasteiger partial charge in [0.15, 0.2) is 0 Å². The molecule has 0 spiro atoms. The summed E-state index contributed by atoms with van der Waals surface area (Å²) in [7, 11) is 0. The summed E-state index contributed by atoms with van der Waals surface area (Å²) in [6.45, 7) is 2.20. The Balaban J connectivity index is 1.37. The highest BCUT2D eigenvalue weighted by molar-refractivity contribution is 5.88. The zero-order chi connectivity index (χ0) is 21.3. The number of hydrogen-bond donors (Lipinski definition) is 1. The van der Waals surface area contributed by atoms with Crippen LogP contribution in [0.3, 0.4) is 0 Å². The van der Waals surface area contributed by atoms with Crippen molar-refractivity contribution in [2.45, 2.75) is 57.5 Å². The first-order valence-corrected chi connectivity index (χ1v) is 11.0. The van der Waals surface area contributed by atoms with Crippen LogP contribution in [0.15, 0.2) is 35.3 Å². The lowest BCUT2D eigenvalue weighted by atomic mass is 9.84. The molecule has 0 unspecified atom stereocenters. The van der Waals surface area contributed by atoms with Crippen LogP contribution in [0.2, 0.25) is 0 Å². The van der Waals surface area contributed by atoms with Crippen molar-refractivity contribution in [1.82, 2.24) is 14.5 Å². The van der Waals surface area contributed by atoms with Gasteiger partial charge >= 0.3 is 0 Å². The Labute approximate surface area is 178 Å². The fraction of sp³-hybridized carbons (Fsp3) is 0.458. The van der Waals surface area contributed by atoms with Crippen LogP contribution in [0.25, 0.3) is 10.9 Å². The normalized spacial score (nSPS) is 25.5. The molecule has 3 fully saturated rings. The van der Waals surface area contributed by atoms with Crippen LogP contribution < -0.4 is 10.9 Å². The Morgan fingerprint density at radius 3 is 2.84 bits per heavy atom. The Morgan fingerprint density at radius 1 is 1.23 bits per heavy atom. The summed E-state index contributed by atoms with van der Waals surface area (Å²) in [4.78, 5) is 21.8. The number of benzene rings is 1. The van der Waals surface area contributed by atoms with Gasteiger partial charge in [-0.3, -0.25) is 4.79 Å². The third kappa shape index (κ3) is 2.97. The number of halogens is 2. The second-order valence-corrected chi connectivity index (χ2v) is 9.34. The minimum Gasteiger partial charge on any atom is -0.365 e. The number of alkyl halides is 2. The first kappa shape index (κ1) is 18.9. The lowest BCUT2D eigenvalue weighted by Gasteiger charge is -2.25. The standard InChI is InChI=1S/C24H24F2N4O/c1-13-28-20-10-22(31)30(21-9-14-7-16(21)8-14)12-18(20)23(29-13)27-11-15-3-2-4-19-17(15)5-6-24(19,25)26/h2-4,10,12,14,16,21H,5-9,11H2,1H3,(H,27,28,29)/t14?,16?,21-/m0/s1. The van der Waals surface area contributed by atoms with E-state index in [4.69, 9.17) is 0 Å². The van der Waals surface area contributed by atoms with Crippen LogP contribution in [0.4, 0.5) is 14.6 Å². The van der Waals surface area contributed by atoms with Gasteiger partial charge in [-0.25, -0.2) is 18.7 Å². The van der Waals surface area contributed by atoms with Crippen molar-refractivity contribution in [2.24, 2.45) is 11.8 Å². The molecule has 0 radical (unpaired) electrons. The van der Waals surface area contributed by atoms with Crippen LogP contribution in [-0.4, -0.2) is 14.5 Å². The van der Waals surface area contributed by atoms with Crippen molar-refractivity contribution < 1.29 is 8.78 Å². The molecule has 160 valence electrons. The van der Waals surface area contributed by atoms with Crippen molar-refractivity contribution >= 4 is 16.7 Å². The number of aromatic nitrogens is 3. The van der Waals surface area contributed by atoms with Crippen molar-refractivity contribution in [3.63, 3.8) is 0 Å². The molecule has 2 aromatic heterocycles. The number of hydrogen-bond acceptors (Lipinski definition) is 4. The Morgan fingerprint density at radius 2 is 2.06 bits per heavy atom. The highest BCUT2D eigenvalue weighted by atomic mass is 19.3. The van der Waals surface area contributed by atoms with Gasteiger partial charge in [0.05, 0.1) is 10.9 Å². The first-order valence-electron chi connectivity index (χ1n) is 11.0. The summed E-state index contributed by atoms with van der Waals surface area (Å²) in [5.74, 6) is -0.190. The second-order valence-electron chi connectivity index (χ2n) is 9.34. The predicted octanol–water partition coefficient (Wildman–Crippen LogP) is 4.72. The van der Waals surface area contributed by atoms with Gasteiger partial charge in [-0.15, -0.1) is 0 Å². The minimum atomic E-state index is -2.75. The van der Waals surface area contributed by atoms with Gasteiger partial charge in [0.25, 0.3) is 11.5 Å². The van der Waals surface area contributed by atoms with E-state index in [0.717, 1.165) is 28.9 Å². The monoisotopic (exact) mass is 422 g/mol. The number of nitrogens with zero attached hydrogens (tertiary/aromatic N) is 3. The van der Waals surface area contributed by atoms with E-state index < -0.39 is 5.92 Å². The fourth-order valence-electron chi connectivity index (χ4n) is 5.83. The number of aryl methyl sites for hydroxylation is 1. The average molecular weight is 422 g/mol. The SMILES string of the molecule is Cc1nc(NCc2cccc3c2CCC3(F)F)c2cn([C@H]3CC4CC3C4)c(=O)cc2n1. The molecule has 5 nitrogen and oxygen atoms in total. The summed E-state index contributed by atoms with van der Waals surface area (Å²) < 4.78 is 30.1. The second kappa shape index (κ2) is 6.58. The van der Waals surface area contributed by atoms with Crippen LogP contribution in [0, 0.1) is 18.8 Å². The molecule has 4 aliphatic carbocycles. The number of fused-ring (bicyclic) bond motifs is 3. The van der Waals surface area contributed by atoms with E-state index in [0.29, 0.717) is 36.0 Å². The predicted molar refractivity (Wildman–Crippen MR) is 114 cm³/mol. The van der Waals surface area contributed by atoms with E-state index >= 15 is 0 Å². The summed E-state index contributed by atoms with van der Waals surface area (Å²) >= 11 is 0. The van der Waals surface area contributed by atoms with Crippen molar-refractivity contribution in [3.05, 3.63) is 63.3 Å². The van der Waals surface area contributed by atoms with E-state index in [1.165, 1.54) is 18.9 Å². The number of nitrogens with one attached hydrogen (secondary N) is 1. The highest BCUT2D eigenvalue weighted by Crippen LogP contribution is 2.54. The summed E-state index contributed by atoms with van der Waals surface area (Å²) in [6, 6.07) is 6.98. The van der Waals surface area contributed by atoms with E-state index in [9.17, 15) is 13.6 Å². The molecule has 1 N–H and O–H groups in total. The molecule has 4 aliphatic rings. The quantitative estimate of drug-likeness (QED) is 0.661. The first-order chi connectivity index (χ1) is 14.9. The maximum absolute atomic E-state index is 14.1. The van der Waals surface area contributed by atoms with E-state index in [-0.39, 0.29) is 23.6 Å².